The molecule has 1 heterocycles. The van der Waals surface area contributed by atoms with Crippen LogP contribution in [-0.4, -0.2) is 70.6 Å². The largest absolute Gasteiger partial charge is 0.457 e. The number of hydrogen-bond acceptors (Lipinski definition) is 8. The van der Waals surface area contributed by atoms with Gasteiger partial charge in [-0.05, 0) is 64.5 Å². The molecule has 0 aromatic heterocycles. The molecule has 9 nitrogen and oxygen atoms in total. The molecule has 0 unspecified atom stereocenters. The quantitative estimate of drug-likeness (QED) is 0.0346. The van der Waals surface area contributed by atoms with Crippen molar-refractivity contribution in [3.05, 3.63) is 228 Å². The molecule has 3 amide bonds. The average Bonchev–Trinajstić information content (AvgIpc) is 3.37. The van der Waals surface area contributed by atoms with E-state index in [4.69, 9.17) is 4.74 Å². The molecule has 0 bridgehead atoms. The molecule has 1 saturated heterocycles. The Bertz CT molecular complexity index is 2410. The lowest BCUT2D eigenvalue weighted by molar-refractivity contribution is -0.151. The van der Waals surface area contributed by atoms with Crippen LogP contribution in [0.4, 0.5) is 0 Å². The van der Waals surface area contributed by atoms with Gasteiger partial charge in [0.05, 0.1) is 34.5 Å². The van der Waals surface area contributed by atoms with Crippen LogP contribution in [0.1, 0.15) is 73.4 Å². The first-order chi connectivity index (χ1) is 33.5. The number of cyclic esters (lactones) is 1. The summed E-state index contributed by atoms with van der Waals surface area (Å²) in [5.74, 6) is -1.87. The van der Waals surface area contributed by atoms with E-state index in [9.17, 15) is 24.3 Å². The van der Waals surface area contributed by atoms with E-state index >= 15 is 0 Å². The zero-order valence-corrected chi connectivity index (χ0v) is 40.9. The van der Waals surface area contributed by atoms with E-state index in [2.05, 4.69) is 125 Å². The average molecular weight is 960 g/mol. The molecule has 1 aliphatic rings. The third kappa shape index (κ3) is 12.4. The van der Waals surface area contributed by atoms with Crippen LogP contribution in [-0.2, 0) is 33.4 Å². The molecule has 1 aliphatic heterocycles. The molecule has 11 heteroatoms. The fourth-order valence-electron chi connectivity index (χ4n) is 8.94. The van der Waals surface area contributed by atoms with Crippen LogP contribution in [0, 0.1) is 5.92 Å². The lowest BCUT2D eigenvalue weighted by Crippen LogP contribution is -2.57. The van der Waals surface area contributed by atoms with Gasteiger partial charge in [0, 0.05) is 5.75 Å². The number of benzene rings is 6. The normalized spacial score (nSPS) is 20.0. The van der Waals surface area contributed by atoms with Gasteiger partial charge in [-0.25, -0.2) is 0 Å². The molecule has 1 fully saturated rings. The Morgan fingerprint density at radius 1 is 0.580 bits per heavy atom. The first-order valence-electron chi connectivity index (χ1n) is 23.6. The van der Waals surface area contributed by atoms with Crippen LogP contribution in [0.5, 0.6) is 0 Å². The van der Waals surface area contributed by atoms with Gasteiger partial charge in [0.15, 0.2) is 0 Å². The molecule has 0 radical (unpaired) electrons. The monoisotopic (exact) mass is 959 g/mol. The topological polar surface area (TPSA) is 134 Å². The summed E-state index contributed by atoms with van der Waals surface area (Å²) in [5.41, 5.74) is 6.36. The number of nitrogens with one attached hydrogen (secondary N) is 3. The Hall–Kier alpha value is -6.40. The second-order valence-corrected chi connectivity index (χ2v) is 20.1. The van der Waals surface area contributed by atoms with Crippen LogP contribution in [0.25, 0.3) is 0 Å². The van der Waals surface area contributed by atoms with Gasteiger partial charge in [-0.2, -0.15) is 0 Å². The lowest BCUT2D eigenvalue weighted by atomic mass is 9.84. The minimum atomic E-state index is -1.33. The van der Waals surface area contributed by atoms with Crippen molar-refractivity contribution in [2.24, 2.45) is 5.92 Å². The Kier molecular flexibility index (Phi) is 17.7. The number of amides is 3. The number of ether oxygens (including phenoxy) is 1. The highest BCUT2D eigenvalue weighted by Crippen LogP contribution is 2.50. The van der Waals surface area contributed by atoms with E-state index in [1.165, 1.54) is 11.8 Å². The maximum absolute atomic E-state index is 14.5. The summed E-state index contributed by atoms with van der Waals surface area (Å²) < 4.78 is 4.57. The number of aliphatic hydroxyl groups is 1. The Labute approximate surface area is 414 Å². The van der Waals surface area contributed by atoms with Crippen molar-refractivity contribution in [2.75, 3.05) is 11.5 Å². The summed E-state index contributed by atoms with van der Waals surface area (Å²) >= 11 is 3.30. The summed E-state index contributed by atoms with van der Waals surface area (Å²) in [6.07, 6.45) is 1.18. The van der Waals surface area contributed by atoms with Crippen LogP contribution < -0.4 is 16.0 Å². The van der Waals surface area contributed by atoms with E-state index in [-0.39, 0.29) is 18.1 Å². The number of carbonyl (C=O) groups is 4. The fraction of sp³-hybridized carbons (Fsp3) is 0.276. The van der Waals surface area contributed by atoms with Crippen molar-refractivity contribution in [3.8, 4) is 0 Å². The van der Waals surface area contributed by atoms with Crippen molar-refractivity contribution in [2.45, 2.75) is 79.9 Å². The SMILES string of the molecule is CC(C)[C@H]1NC(=O)[C@@H](CSC(c2ccccc2)(c2ccccc2)c2ccccc2)NC(=O)[C@@H](C)NC(=O)C[C@@H](/C=C/CCSC(c2ccccc2)(c2ccccc2)c2ccccc2)OC(=O)C[C@@H]1O. The predicted molar refractivity (Wildman–Crippen MR) is 279 cm³/mol. The molecule has 4 N–H and O–H groups in total. The van der Waals surface area contributed by atoms with Gasteiger partial charge < -0.3 is 25.8 Å². The molecule has 7 rings (SSSR count). The van der Waals surface area contributed by atoms with Crippen LogP contribution in [0.2, 0.25) is 0 Å². The maximum Gasteiger partial charge on any atom is 0.309 e. The number of rotatable bonds is 15. The molecule has 69 heavy (non-hydrogen) atoms. The maximum atomic E-state index is 14.5. The van der Waals surface area contributed by atoms with Gasteiger partial charge in [0.2, 0.25) is 17.7 Å². The molecule has 5 atom stereocenters. The summed E-state index contributed by atoms with van der Waals surface area (Å²) in [6, 6.07) is 58.3. The van der Waals surface area contributed by atoms with Gasteiger partial charge in [-0.3, -0.25) is 19.2 Å². The van der Waals surface area contributed by atoms with Crippen molar-refractivity contribution < 1.29 is 29.0 Å². The summed E-state index contributed by atoms with van der Waals surface area (Å²) in [7, 11) is 0. The highest BCUT2D eigenvalue weighted by molar-refractivity contribution is 8.00. The highest BCUT2D eigenvalue weighted by atomic mass is 32.2. The predicted octanol–water partition coefficient (Wildman–Crippen LogP) is 9.58. The number of carbonyl (C=O) groups excluding carboxylic acids is 4. The Balaban J connectivity index is 1.12. The lowest BCUT2D eigenvalue weighted by Gasteiger charge is -2.37. The van der Waals surface area contributed by atoms with Crippen molar-refractivity contribution >= 4 is 47.2 Å². The zero-order chi connectivity index (χ0) is 48.6. The molecular weight excluding hydrogens is 899 g/mol. The molecule has 6 aromatic rings. The van der Waals surface area contributed by atoms with Gasteiger partial charge in [0.1, 0.15) is 18.2 Å². The number of aliphatic hydroxyl groups excluding tert-OH is 1. The minimum absolute atomic E-state index is 0.105. The standard InChI is InChI=1S/C58H61N3O6S2/c1-41(2)54-51(62)39-53(64)67-49(36-22-23-37-68-57(43-24-10-4-11-25-43,44-26-12-5-13-27-44)45-28-14-6-15-29-45)38-52(63)59-42(3)55(65)60-50(56(66)61-54)40-69-58(46-30-16-7-17-31-46,47-32-18-8-19-33-47)48-34-20-9-21-35-48/h4-22,24-36,41-42,49-51,54,62H,23,37-40H2,1-3H3,(H,59,63)(H,60,65)(H,61,66)/b36-22+/t42-,49-,50-,51+,54-/m1/s1. The van der Waals surface area contributed by atoms with Crippen molar-refractivity contribution in [1.29, 1.82) is 0 Å². The molecule has 0 saturated carbocycles. The molecule has 0 aliphatic carbocycles. The van der Waals surface area contributed by atoms with Crippen LogP contribution in [0.3, 0.4) is 0 Å². The van der Waals surface area contributed by atoms with E-state index in [0.717, 1.165) is 33.4 Å². The van der Waals surface area contributed by atoms with Gasteiger partial charge in [-0.1, -0.05) is 202 Å². The van der Waals surface area contributed by atoms with E-state index in [1.807, 2.05) is 92.7 Å². The first kappa shape index (κ1) is 50.5. The second kappa shape index (κ2) is 24.2. The minimum Gasteiger partial charge on any atom is -0.457 e. The number of thioether (sulfide) groups is 2. The smallest absolute Gasteiger partial charge is 0.309 e. The highest BCUT2D eigenvalue weighted by Gasteiger charge is 2.40. The summed E-state index contributed by atoms with van der Waals surface area (Å²) in [5, 5.41) is 20.3. The number of esters is 1. The van der Waals surface area contributed by atoms with Crippen molar-refractivity contribution in [1.82, 2.24) is 16.0 Å². The van der Waals surface area contributed by atoms with Gasteiger partial charge in [0.25, 0.3) is 0 Å². The van der Waals surface area contributed by atoms with Gasteiger partial charge in [-0.15, -0.1) is 23.5 Å². The Morgan fingerprint density at radius 2 is 0.986 bits per heavy atom. The Morgan fingerprint density at radius 3 is 1.39 bits per heavy atom. The molecule has 0 spiro atoms. The number of allylic oxidation sites excluding steroid dienone is 1. The molecule has 356 valence electrons. The molecule has 6 aromatic carbocycles. The molecular formula is C58H61N3O6S2. The van der Waals surface area contributed by atoms with Crippen LogP contribution in [0.15, 0.2) is 194 Å². The third-order valence-electron chi connectivity index (χ3n) is 12.4. The zero-order valence-electron chi connectivity index (χ0n) is 39.3. The van der Waals surface area contributed by atoms with Crippen LogP contribution >= 0.6 is 23.5 Å². The third-order valence-corrected chi connectivity index (χ3v) is 15.6. The van der Waals surface area contributed by atoms with E-state index in [1.54, 1.807) is 24.8 Å². The van der Waals surface area contributed by atoms with Gasteiger partial charge >= 0.3 is 5.97 Å². The summed E-state index contributed by atoms with van der Waals surface area (Å²) in [4.78, 5) is 55.9. The number of hydrogen-bond donors (Lipinski definition) is 4. The fourth-order valence-corrected chi connectivity index (χ4v) is 12.0. The second-order valence-electron chi connectivity index (χ2n) is 17.6. The first-order valence-corrected chi connectivity index (χ1v) is 25.5. The van der Waals surface area contributed by atoms with Crippen molar-refractivity contribution in [3.63, 3.8) is 0 Å². The van der Waals surface area contributed by atoms with E-state index in [0.29, 0.717) is 12.2 Å². The van der Waals surface area contributed by atoms with E-state index < -0.39 is 69.9 Å². The summed E-state index contributed by atoms with van der Waals surface area (Å²) in [6.45, 7) is 5.25.